The molecule has 86 valence electrons. The van der Waals surface area contributed by atoms with Gasteiger partial charge in [0.15, 0.2) is 0 Å². The maximum absolute atomic E-state index is 5.76. The average Bonchev–Trinajstić information content (AvgIpc) is 2.63. The predicted molar refractivity (Wildman–Crippen MR) is 60.5 cm³/mol. The van der Waals surface area contributed by atoms with Gasteiger partial charge in [-0.2, -0.15) is 5.10 Å². The Kier molecular flexibility index (Phi) is 3.88. The molecule has 0 bridgehead atoms. The molecule has 0 aromatic carbocycles. The highest BCUT2D eigenvalue weighted by atomic mass is 16.5. The quantitative estimate of drug-likeness (QED) is 0.806. The van der Waals surface area contributed by atoms with Crippen LogP contribution in [-0.2, 0) is 11.3 Å². The molecule has 1 heterocycles. The molecule has 0 aliphatic carbocycles. The number of hydrogen-bond acceptors (Lipinski definition) is 3. The molecule has 2 N–H and O–H groups in total. The first-order valence-electron chi connectivity index (χ1n) is 5.28. The van der Waals surface area contributed by atoms with E-state index in [1.807, 2.05) is 24.0 Å². The Balaban J connectivity index is 2.51. The summed E-state index contributed by atoms with van der Waals surface area (Å²) in [4.78, 5) is 0. The molecule has 0 radical (unpaired) electrons. The molecule has 1 aromatic heterocycles. The second kappa shape index (κ2) is 4.77. The van der Waals surface area contributed by atoms with Gasteiger partial charge in [-0.25, -0.2) is 0 Å². The van der Waals surface area contributed by atoms with E-state index in [0.29, 0.717) is 0 Å². The van der Waals surface area contributed by atoms with Crippen LogP contribution < -0.4 is 5.73 Å². The van der Waals surface area contributed by atoms with Crippen LogP contribution in [0.2, 0.25) is 0 Å². The normalized spacial score (nSPS) is 14.2. The highest BCUT2D eigenvalue weighted by molar-refractivity contribution is 5.08. The number of aromatic nitrogens is 2. The van der Waals surface area contributed by atoms with E-state index in [4.69, 9.17) is 10.5 Å². The van der Waals surface area contributed by atoms with Gasteiger partial charge >= 0.3 is 0 Å². The summed E-state index contributed by atoms with van der Waals surface area (Å²) in [6.07, 6.45) is 4.75. The van der Waals surface area contributed by atoms with Gasteiger partial charge in [0, 0.05) is 31.5 Å². The fourth-order valence-corrected chi connectivity index (χ4v) is 1.22. The smallest absolute Gasteiger partial charge is 0.0640 e. The molecule has 1 unspecified atom stereocenters. The van der Waals surface area contributed by atoms with Gasteiger partial charge < -0.3 is 10.5 Å². The predicted octanol–water partition coefficient (Wildman–Crippen LogP) is 1.72. The second-order valence-corrected chi connectivity index (χ2v) is 4.54. The van der Waals surface area contributed by atoms with Crippen molar-refractivity contribution >= 4 is 0 Å². The largest absolute Gasteiger partial charge is 0.379 e. The number of ether oxygens (including phenoxy) is 1. The summed E-state index contributed by atoms with van der Waals surface area (Å²) in [6.45, 7) is 6.96. The Hall–Kier alpha value is -0.870. The van der Waals surface area contributed by atoms with Crippen molar-refractivity contribution < 1.29 is 4.74 Å². The lowest BCUT2D eigenvalue weighted by Gasteiger charge is -2.22. The third kappa shape index (κ3) is 3.64. The van der Waals surface area contributed by atoms with Crippen LogP contribution in [0, 0.1) is 0 Å². The zero-order chi connectivity index (χ0) is 11.5. The van der Waals surface area contributed by atoms with E-state index in [1.165, 1.54) is 0 Å². The van der Waals surface area contributed by atoms with E-state index < -0.39 is 0 Å². The van der Waals surface area contributed by atoms with E-state index in [-0.39, 0.29) is 11.6 Å². The molecule has 1 aromatic rings. The summed E-state index contributed by atoms with van der Waals surface area (Å²) in [5.74, 6) is 0. The molecule has 0 saturated heterocycles. The molecule has 15 heavy (non-hydrogen) atoms. The van der Waals surface area contributed by atoms with Crippen LogP contribution in [0.3, 0.4) is 0 Å². The van der Waals surface area contributed by atoms with Gasteiger partial charge in [-0.1, -0.05) is 0 Å². The first-order valence-corrected chi connectivity index (χ1v) is 5.28. The summed E-state index contributed by atoms with van der Waals surface area (Å²) >= 11 is 0. The molecule has 0 aliphatic heterocycles. The summed E-state index contributed by atoms with van der Waals surface area (Å²) < 4.78 is 7.26. The Bertz CT molecular complexity index is 305. The Morgan fingerprint density at radius 1 is 1.60 bits per heavy atom. The highest BCUT2D eigenvalue weighted by Crippen LogP contribution is 2.15. The van der Waals surface area contributed by atoms with E-state index in [1.54, 1.807) is 7.11 Å². The lowest BCUT2D eigenvalue weighted by molar-refractivity contribution is 0.0113. The van der Waals surface area contributed by atoms with Crippen LogP contribution in [-0.4, -0.2) is 22.5 Å². The first-order chi connectivity index (χ1) is 6.94. The lowest BCUT2D eigenvalue weighted by Crippen LogP contribution is -2.24. The van der Waals surface area contributed by atoms with Crippen molar-refractivity contribution in [3.63, 3.8) is 0 Å². The van der Waals surface area contributed by atoms with Crippen molar-refractivity contribution in [3.8, 4) is 0 Å². The van der Waals surface area contributed by atoms with Gasteiger partial charge in [0.05, 0.1) is 11.8 Å². The van der Waals surface area contributed by atoms with Gasteiger partial charge in [0.2, 0.25) is 0 Å². The average molecular weight is 211 g/mol. The fraction of sp³-hybridized carbons (Fsp3) is 0.727. The van der Waals surface area contributed by atoms with Gasteiger partial charge in [-0.3, -0.25) is 4.68 Å². The molecule has 4 heteroatoms. The molecular weight excluding hydrogens is 190 g/mol. The van der Waals surface area contributed by atoms with E-state index >= 15 is 0 Å². The monoisotopic (exact) mass is 211 g/mol. The maximum Gasteiger partial charge on any atom is 0.0640 e. The zero-order valence-corrected chi connectivity index (χ0v) is 10.0. The lowest BCUT2D eigenvalue weighted by atomic mass is 10.1. The minimum absolute atomic E-state index is 0.0502. The number of hydrogen-bond donors (Lipinski definition) is 1. The minimum Gasteiger partial charge on any atom is -0.379 e. The van der Waals surface area contributed by atoms with Crippen LogP contribution in [0.4, 0.5) is 0 Å². The van der Waals surface area contributed by atoms with E-state index in [9.17, 15) is 0 Å². The molecule has 0 amide bonds. The van der Waals surface area contributed by atoms with Gasteiger partial charge in [0.1, 0.15) is 0 Å². The molecule has 0 fully saturated rings. The fourth-order valence-electron chi connectivity index (χ4n) is 1.22. The number of aryl methyl sites for hydroxylation is 1. The van der Waals surface area contributed by atoms with Crippen molar-refractivity contribution in [3.05, 3.63) is 18.0 Å². The molecule has 0 aliphatic rings. The highest BCUT2D eigenvalue weighted by Gasteiger charge is 2.16. The van der Waals surface area contributed by atoms with Gasteiger partial charge in [0.25, 0.3) is 0 Å². The van der Waals surface area contributed by atoms with Crippen LogP contribution in [0.5, 0.6) is 0 Å². The minimum atomic E-state index is -0.0968. The maximum atomic E-state index is 5.76. The second-order valence-electron chi connectivity index (χ2n) is 4.54. The standard InChI is InChI=1S/C11H21N3O/c1-9(12)10-7-13-14(8-10)6-5-11(2,3)15-4/h7-9H,5-6,12H2,1-4H3. The van der Waals surface area contributed by atoms with Crippen molar-refractivity contribution in [1.29, 1.82) is 0 Å². The zero-order valence-electron chi connectivity index (χ0n) is 10.0. The molecule has 4 nitrogen and oxygen atoms in total. The summed E-state index contributed by atoms with van der Waals surface area (Å²) in [5, 5.41) is 4.26. The van der Waals surface area contributed by atoms with Crippen LogP contribution in [0.25, 0.3) is 0 Å². The summed E-state index contributed by atoms with van der Waals surface area (Å²) in [7, 11) is 1.73. The Labute approximate surface area is 91.4 Å². The van der Waals surface area contributed by atoms with Crippen molar-refractivity contribution in [2.24, 2.45) is 5.73 Å². The molecule has 1 atom stereocenters. The molecule has 0 saturated carbocycles. The van der Waals surface area contributed by atoms with Gasteiger partial charge in [-0.05, 0) is 27.2 Å². The van der Waals surface area contributed by atoms with Crippen molar-refractivity contribution in [2.75, 3.05) is 7.11 Å². The molecule has 1 rings (SSSR count). The molecular formula is C11H21N3O. The van der Waals surface area contributed by atoms with E-state index in [0.717, 1.165) is 18.5 Å². The van der Waals surface area contributed by atoms with Crippen LogP contribution >= 0.6 is 0 Å². The van der Waals surface area contributed by atoms with Crippen LogP contribution in [0.15, 0.2) is 12.4 Å². The van der Waals surface area contributed by atoms with Crippen molar-refractivity contribution in [2.45, 2.75) is 45.4 Å². The summed E-state index contributed by atoms with van der Waals surface area (Å²) in [6, 6.07) is 0.0502. The number of nitrogens with two attached hydrogens (primary N) is 1. The van der Waals surface area contributed by atoms with Crippen LogP contribution in [0.1, 0.15) is 38.8 Å². The Morgan fingerprint density at radius 2 is 2.27 bits per heavy atom. The van der Waals surface area contributed by atoms with Crippen molar-refractivity contribution in [1.82, 2.24) is 9.78 Å². The third-order valence-corrected chi connectivity index (χ3v) is 2.67. The number of methoxy groups -OCH3 is 1. The van der Waals surface area contributed by atoms with E-state index in [2.05, 4.69) is 18.9 Å². The number of nitrogens with zero attached hydrogens (tertiary/aromatic N) is 2. The SMILES string of the molecule is COC(C)(C)CCn1cc(C(C)N)cn1. The summed E-state index contributed by atoms with van der Waals surface area (Å²) in [5.41, 5.74) is 6.73. The first kappa shape index (κ1) is 12.2. The Morgan fingerprint density at radius 3 is 2.73 bits per heavy atom. The molecule has 0 spiro atoms. The number of rotatable bonds is 5. The third-order valence-electron chi connectivity index (χ3n) is 2.67. The topological polar surface area (TPSA) is 53.1 Å². The van der Waals surface area contributed by atoms with Gasteiger partial charge in [-0.15, -0.1) is 0 Å².